The van der Waals surface area contributed by atoms with E-state index in [-0.39, 0.29) is 43.9 Å². The van der Waals surface area contributed by atoms with Crippen molar-refractivity contribution < 1.29 is 37.1 Å². The van der Waals surface area contributed by atoms with Gasteiger partial charge in [0.05, 0.1) is 30.6 Å². The average Bonchev–Trinajstić information content (AvgIpc) is 3.38. The summed E-state index contributed by atoms with van der Waals surface area (Å²) in [6.07, 6.45) is -2.18. The number of nitrogens with one attached hydrogen (secondary N) is 3. The number of benzene rings is 2. The number of ether oxygens (including phenoxy) is 1. The Hall–Kier alpha value is -4.94. The molecule has 2 atom stereocenters. The Morgan fingerprint density at radius 2 is 1.86 bits per heavy atom. The standard InChI is InChI=1S/C30H30F3N5O5/c1-2-43-27(40)15-25(20-9-6-10-34-17-20)37-28(41)21-11-26(39)38(18-21)24-13-22(30(31,32)33)12-23(14-24)36-29(42)35-16-19-7-4-3-5-8-19/h3-10,12-14,17,21,25H,2,11,15-16,18H2,1H3,(H,37,41)(H2,35,36,42). The topological polar surface area (TPSA) is 130 Å². The van der Waals surface area contributed by atoms with Crippen molar-refractivity contribution in [2.45, 2.75) is 38.5 Å². The highest BCUT2D eigenvalue weighted by Crippen LogP contribution is 2.36. The largest absolute Gasteiger partial charge is 0.466 e. The van der Waals surface area contributed by atoms with Crippen LogP contribution in [0.2, 0.25) is 0 Å². The van der Waals surface area contributed by atoms with Crippen LogP contribution in [0.3, 0.4) is 0 Å². The van der Waals surface area contributed by atoms with Crippen molar-refractivity contribution in [1.82, 2.24) is 15.6 Å². The first-order chi connectivity index (χ1) is 20.5. The van der Waals surface area contributed by atoms with Crippen LogP contribution < -0.4 is 20.9 Å². The summed E-state index contributed by atoms with van der Waals surface area (Å²) in [5, 5.41) is 7.72. The van der Waals surface area contributed by atoms with Crippen LogP contribution in [0.15, 0.2) is 73.1 Å². The van der Waals surface area contributed by atoms with E-state index < -0.39 is 47.5 Å². The number of hydrogen-bond acceptors (Lipinski definition) is 6. The summed E-state index contributed by atoms with van der Waals surface area (Å²) in [6, 6.07) is 13.5. The van der Waals surface area contributed by atoms with E-state index >= 15 is 0 Å². The molecule has 1 fully saturated rings. The van der Waals surface area contributed by atoms with Gasteiger partial charge >= 0.3 is 18.2 Å². The van der Waals surface area contributed by atoms with Gasteiger partial charge in [0.15, 0.2) is 0 Å². The number of hydrogen-bond donors (Lipinski definition) is 3. The molecule has 0 bridgehead atoms. The Morgan fingerprint density at radius 3 is 2.53 bits per heavy atom. The minimum atomic E-state index is -4.77. The maximum atomic E-state index is 13.8. The number of aromatic nitrogens is 1. The van der Waals surface area contributed by atoms with Crippen LogP contribution in [0, 0.1) is 5.92 Å². The molecule has 0 spiro atoms. The van der Waals surface area contributed by atoms with Crippen LogP contribution in [-0.2, 0) is 31.8 Å². The van der Waals surface area contributed by atoms with Crippen LogP contribution in [0.1, 0.15) is 42.5 Å². The van der Waals surface area contributed by atoms with Crippen molar-refractivity contribution in [2.75, 3.05) is 23.4 Å². The highest BCUT2D eigenvalue weighted by molar-refractivity contribution is 6.01. The van der Waals surface area contributed by atoms with E-state index in [1.807, 2.05) is 6.07 Å². The molecule has 2 aromatic carbocycles. The smallest absolute Gasteiger partial charge is 0.416 e. The van der Waals surface area contributed by atoms with Crippen molar-refractivity contribution in [3.8, 4) is 0 Å². The van der Waals surface area contributed by atoms with Gasteiger partial charge < -0.3 is 25.6 Å². The van der Waals surface area contributed by atoms with Gasteiger partial charge in [-0.05, 0) is 42.3 Å². The summed E-state index contributed by atoms with van der Waals surface area (Å²) in [6.45, 7) is 1.75. The molecule has 0 aliphatic carbocycles. The molecule has 43 heavy (non-hydrogen) atoms. The van der Waals surface area contributed by atoms with Crippen molar-refractivity contribution in [1.29, 1.82) is 0 Å². The number of amides is 4. The Balaban J connectivity index is 1.49. The molecule has 0 saturated carbocycles. The van der Waals surface area contributed by atoms with Crippen LogP contribution in [0.5, 0.6) is 0 Å². The molecular formula is C30H30F3N5O5. The third kappa shape index (κ3) is 8.53. The number of carbonyl (C=O) groups excluding carboxylic acids is 4. The first-order valence-corrected chi connectivity index (χ1v) is 13.5. The van der Waals surface area contributed by atoms with Gasteiger partial charge in [0.25, 0.3) is 0 Å². The molecule has 1 saturated heterocycles. The van der Waals surface area contributed by atoms with Crippen molar-refractivity contribution in [2.24, 2.45) is 5.92 Å². The molecule has 2 heterocycles. The molecule has 1 aliphatic rings. The fourth-order valence-electron chi connectivity index (χ4n) is 4.60. The molecule has 2 unspecified atom stereocenters. The van der Waals surface area contributed by atoms with Crippen LogP contribution >= 0.6 is 0 Å². The van der Waals surface area contributed by atoms with Gasteiger partial charge in [0.2, 0.25) is 11.8 Å². The molecule has 4 amide bonds. The SMILES string of the molecule is CCOC(=O)CC(NC(=O)C1CC(=O)N(c2cc(NC(=O)NCc3ccccc3)cc(C(F)(F)F)c2)C1)c1cccnc1. The maximum Gasteiger partial charge on any atom is 0.416 e. The molecule has 3 aromatic rings. The summed E-state index contributed by atoms with van der Waals surface area (Å²) < 4.78 is 46.3. The Bertz CT molecular complexity index is 1450. The Kier molecular flexibility index (Phi) is 9.96. The van der Waals surface area contributed by atoms with Gasteiger partial charge in [-0.3, -0.25) is 19.4 Å². The molecule has 1 aromatic heterocycles. The monoisotopic (exact) mass is 597 g/mol. The first kappa shape index (κ1) is 31.0. The van der Waals surface area contributed by atoms with Crippen molar-refractivity contribution in [3.63, 3.8) is 0 Å². The fraction of sp³-hybridized carbons (Fsp3) is 0.300. The third-order valence-electron chi connectivity index (χ3n) is 6.69. The number of rotatable bonds is 10. The molecule has 13 heteroatoms. The lowest BCUT2D eigenvalue weighted by atomic mass is 10.0. The molecule has 0 radical (unpaired) electrons. The highest BCUT2D eigenvalue weighted by Gasteiger charge is 2.38. The lowest BCUT2D eigenvalue weighted by Crippen LogP contribution is -2.36. The minimum Gasteiger partial charge on any atom is -0.466 e. The normalized spacial score (nSPS) is 15.5. The number of anilines is 2. The predicted molar refractivity (Wildman–Crippen MR) is 151 cm³/mol. The number of urea groups is 1. The number of pyridine rings is 1. The van der Waals surface area contributed by atoms with Gasteiger partial charge in [0, 0.05) is 43.3 Å². The van der Waals surface area contributed by atoms with Crippen molar-refractivity contribution in [3.05, 3.63) is 89.7 Å². The highest BCUT2D eigenvalue weighted by atomic mass is 19.4. The molecular weight excluding hydrogens is 567 g/mol. The predicted octanol–water partition coefficient (Wildman–Crippen LogP) is 4.59. The average molecular weight is 598 g/mol. The molecule has 1 aliphatic heterocycles. The van der Waals surface area contributed by atoms with Crippen LogP contribution in [-0.4, -0.2) is 42.0 Å². The third-order valence-corrected chi connectivity index (χ3v) is 6.69. The Labute approximate surface area is 245 Å². The molecule has 226 valence electrons. The Morgan fingerprint density at radius 1 is 1.09 bits per heavy atom. The quantitative estimate of drug-likeness (QED) is 0.293. The number of carbonyl (C=O) groups is 4. The number of esters is 1. The summed E-state index contributed by atoms with van der Waals surface area (Å²) >= 11 is 0. The lowest BCUT2D eigenvalue weighted by Gasteiger charge is -2.22. The van der Waals surface area contributed by atoms with E-state index in [1.165, 1.54) is 18.5 Å². The summed E-state index contributed by atoms with van der Waals surface area (Å²) in [7, 11) is 0. The van der Waals surface area contributed by atoms with E-state index in [9.17, 15) is 32.3 Å². The maximum absolute atomic E-state index is 13.8. The van der Waals surface area contributed by atoms with Gasteiger partial charge in [0.1, 0.15) is 0 Å². The van der Waals surface area contributed by atoms with E-state index in [4.69, 9.17) is 4.74 Å². The summed E-state index contributed by atoms with van der Waals surface area (Å²) in [5.41, 5.74) is -0.0345. The second-order valence-electron chi connectivity index (χ2n) is 9.82. The van der Waals surface area contributed by atoms with Gasteiger partial charge in [-0.2, -0.15) is 13.2 Å². The number of halogens is 3. The van der Waals surface area contributed by atoms with E-state index in [0.29, 0.717) is 5.56 Å². The van der Waals surface area contributed by atoms with E-state index in [0.717, 1.165) is 22.6 Å². The van der Waals surface area contributed by atoms with Crippen LogP contribution in [0.4, 0.5) is 29.3 Å². The zero-order valence-electron chi connectivity index (χ0n) is 23.2. The second kappa shape index (κ2) is 13.8. The van der Waals surface area contributed by atoms with E-state index in [2.05, 4.69) is 20.9 Å². The van der Waals surface area contributed by atoms with E-state index in [1.54, 1.807) is 43.3 Å². The second-order valence-corrected chi connectivity index (χ2v) is 9.82. The lowest BCUT2D eigenvalue weighted by molar-refractivity contribution is -0.144. The van der Waals surface area contributed by atoms with Gasteiger partial charge in [-0.1, -0.05) is 36.4 Å². The summed E-state index contributed by atoms with van der Waals surface area (Å²) in [4.78, 5) is 55.9. The zero-order valence-corrected chi connectivity index (χ0v) is 23.2. The van der Waals surface area contributed by atoms with Crippen LogP contribution in [0.25, 0.3) is 0 Å². The van der Waals surface area contributed by atoms with Crippen molar-refractivity contribution >= 4 is 35.2 Å². The number of alkyl halides is 3. The molecule has 4 rings (SSSR count). The zero-order chi connectivity index (χ0) is 31.0. The van der Waals surface area contributed by atoms with Gasteiger partial charge in [-0.15, -0.1) is 0 Å². The molecule has 3 N–H and O–H groups in total. The molecule has 10 nitrogen and oxygen atoms in total. The first-order valence-electron chi connectivity index (χ1n) is 13.5. The van der Waals surface area contributed by atoms with Gasteiger partial charge in [-0.25, -0.2) is 4.79 Å². The summed E-state index contributed by atoms with van der Waals surface area (Å²) in [5.74, 6) is -2.58. The number of nitrogens with zero attached hydrogens (tertiary/aromatic N) is 2. The minimum absolute atomic E-state index is 0.121. The fourth-order valence-corrected chi connectivity index (χ4v) is 4.60.